The lowest BCUT2D eigenvalue weighted by Crippen LogP contribution is -2.31. The zero-order chi connectivity index (χ0) is 17.7. The van der Waals surface area contributed by atoms with Gasteiger partial charge in [0.2, 0.25) is 0 Å². The fourth-order valence-electron chi connectivity index (χ4n) is 5.53. The molecule has 0 aromatic carbocycles. The molecule has 1 fully saturated rings. The van der Waals surface area contributed by atoms with E-state index in [0.29, 0.717) is 24.9 Å². The molecule has 0 aromatic rings. The molecule has 0 aliphatic heterocycles. The van der Waals surface area contributed by atoms with E-state index in [0.717, 1.165) is 42.4 Å². The predicted octanol–water partition coefficient (Wildman–Crippen LogP) is 4.06. The molecule has 0 saturated heterocycles. The van der Waals surface area contributed by atoms with Gasteiger partial charge in [-0.05, 0) is 59.5 Å². The normalized spacial score (nSPS) is 39.6. The SMILES string of the molecule is COCC1=C2C=C3[C@@H](O)C[C@H](C(C)C)[C@@]3(C)CC[C@]2(C)CCC1=O. The molecule has 1 N–H and O–H groups in total. The minimum atomic E-state index is -0.377. The summed E-state index contributed by atoms with van der Waals surface area (Å²) in [7, 11) is 1.65. The van der Waals surface area contributed by atoms with Gasteiger partial charge in [-0.3, -0.25) is 4.79 Å². The Morgan fingerprint density at radius 1 is 1.29 bits per heavy atom. The van der Waals surface area contributed by atoms with Crippen LogP contribution in [0.25, 0.3) is 0 Å². The Balaban J connectivity index is 2.16. The highest BCUT2D eigenvalue weighted by Crippen LogP contribution is 2.59. The van der Waals surface area contributed by atoms with E-state index >= 15 is 0 Å². The summed E-state index contributed by atoms with van der Waals surface area (Å²) in [6, 6.07) is 0. The summed E-state index contributed by atoms with van der Waals surface area (Å²) in [5.74, 6) is 1.28. The van der Waals surface area contributed by atoms with Crippen LogP contribution in [0, 0.1) is 22.7 Å². The average molecular weight is 332 g/mol. The zero-order valence-electron chi connectivity index (χ0n) is 15.8. The number of carbonyl (C=O) groups is 1. The Morgan fingerprint density at radius 3 is 2.62 bits per heavy atom. The van der Waals surface area contributed by atoms with Gasteiger partial charge in [-0.1, -0.05) is 33.8 Å². The molecule has 24 heavy (non-hydrogen) atoms. The summed E-state index contributed by atoms with van der Waals surface area (Å²) < 4.78 is 5.34. The van der Waals surface area contributed by atoms with E-state index in [1.165, 1.54) is 0 Å². The van der Waals surface area contributed by atoms with Crippen LogP contribution in [-0.4, -0.2) is 30.7 Å². The molecule has 4 atom stereocenters. The molecule has 3 nitrogen and oxygen atoms in total. The van der Waals surface area contributed by atoms with Crippen molar-refractivity contribution in [3.63, 3.8) is 0 Å². The Hall–Kier alpha value is -0.930. The van der Waals surface area contributed by atoms with E-state index < -0.39 is 0 Å². The number of aliphatic hydroxyl groups is 1. The number of ketones is 1. The Morgan fingerprint density at radius 2 is 2.00 bits per heavy atom. The first-order valence-electron chi connectivity index (χ1n) is 9.39. The highest BCUT2D eigenvalue weighted by molar-refractivity contribution is 5.98. The van der Waals surface area contributed by atoms with Gasteiger partial charge in [-0.15, -0.1) is 0 Å². The van der Waals surface area contributed by atoms with Crippen LogP contribution >= 0.6 is 0 Å². The number of allylic oxidation sites excluding steroid dienone is 2. The van der Waals surface area contributed by atoms with Crippen LogP contribution in [0.1, 0.15) is 59.8 Å². The molecule has 0 bridgehead atoms. The quantitative estimate of drug-likeness (QED) is 0.847. The molecular formula is C21H32O3. The molecule has 1 saturated carbocycles. The van der Waals surface area contributed by atoms with Crippen LogP contribution in [0.4, 0.5) is 0 Å². The third-order valence-electron chi connectivity index (χ3n) is 7.12. The maximum Gasteiger partial charge on any atom is 0.161 e. The van der Waals surface area contributed by atoms with Gasteiger partial charge in [0.05, 0.1) is 12.7 Å². The second-order valence-corrected chi connectivity index (χ2v) is 8.93. The molecule has 0 heterocycles. The topological polar surface area (TPSA) is 46.5 Å². The summed E-state index contributed by atoms with van der Waals surface area (Å²) in [4.78, 5) is 12.5. The Labute approximate surface area is 146 Å². The van der Waals surface area contributed by atoms with E-state index in [4.69, 9.17) is 4.74 Å². The van der Waals surface area contributed by atoms with Crippen molar-refractivity contribution in [2.45, 2.75) is 65.9 Å². The zero-order valence-corrected chi connectivity index (χ0v) is 15.8. The first kappa shape index (κ1) is 17.9. The van der Waals surface area contributed by atoms with Gasteiger partial charge in [0.1, 0.15) is 0 Å². The number of Topliss-reactive ketones (excluding diaryl/α,β-unsaturated/α-hetero) is 1. The lowest BCUT2D eigenvalue weighted by molar-refractivity contribution is -0.117. The van der Waals surface area contributed by atoms with E-state index in [1.54, 1.807) is 7.11 Å². The average Bonchev–Trinajstić information content (AvgIpc) is 2.69. The van der Waals surface area contributed by atoms with Crippen LogP contribution in [0.5, 0.6) is 0 Å². The predicted molar refractivity (Wildman–Crippen MR) is 95.6 cm³/mol. The smallest absolute Gasteiger partial charge is 0.161 e. The maximum atomic E-state index is 12.5. The number of hydrogen-bond acceptors (Lipinski definition) is 3. The van der Waals surface area contributed by atoms with Crippen molar-refractivity contribution in [2.75, 3.05) is 13.7 Å². The number of hydrogen-bond donors (Lipinski definition) is 1. The molecule has 0 aromatic heterocycles. The second-order valence-electron chi connectivity index (χ2n) is 8.93. The summed E-state index contributed by atoms with van der Waals surface area (Å²) in [6.07, 6.45) is 6.37. The summed E-state index contributed by atoms with van der Waals surface area (Å²) in [6.45, 7) is 9.55. The van der Waals surface area contributed by atoms with Crippen LogP contribution in [0.2, 0.25) is 0 Å². The molecule has 0 radical (unpaired) electrons. The van der Waals surface area contributed by atoms with Crippen LogP contribution in [0.15, 0.2) is 22.8 Å². The lowest BCUT2D eigenvalue weighted by atomic mass is 9.66. The lowest BCUT2D eigenvalue weighted by Gasteiger charge is -2.38. The van der Waals surface area contributed by atoms with Gasteiger partial charge in [0.15, 0.2) is 5.78 Å². The molecular weight excluding hydrogens is 300 g/mol. The Bertz CT molecular complexity index is 600. The van der Waals surface area contributed by atoms with Crippen LogP contribution in [-0.2, 0) is 9.53 Å². The van der Waals surface area contributed by atoms with Gasteiger partial charge in [-0.25, -0.2) is 0 Å². The largest absolute Gasteiger partial charge is 0.389 e. The fraction of sp³-hybridized carbons (Fsp3) is 0.762. The van der Waals surface area contributed by atoms with Gasteiger partial charge < -0.3 is 9.84 Å². The van der Waals surface area contributed by atoms with Crippen molar-refractivity contribution < 1.29 is 14.6 Å². The standard InChI is InChI=1S/C21H32O3/c1-13(2)15-11-19(23)17-10-16-14(12-24-5)18(22)6-7-20(16,3)8-9-21(15,17)4/h10,13,15,19,23H,6-9,11-12H2,1-5H3/t15-,19+,20+,21-/m1/s1. The van der Waals surface area contributed by atoms with E-state index in [9.17, 15) is 9.90 Å². The highest BCUT2D eigenvalue weighted by Gasteiger charge is 2.52. The number of ether oxygens (including phenoxy) is 1. The molecule has 3 aliphatic rings. The molecule has 134 valence electrons. The Kier molecular flexibility index (Phi) is 4.55. The summed E-state index contributed by atoms with van der Waals surface area (Å²) in [5.41, 5.74) is 3.21. The minimum Gasteiger partial charge on any atom is -0.389 e. The van der Waals surface area contributed by atoms with Crippen molar-refractivity contribution >= 4 is 5.78 Å². The fourth-order valence-corrected chi connectivity index (χ4v) is 5.53. The number of carbonyl (C=O) groups excluding carboxylic acids is 1. The third-order valence-corrected chi connectivity index (χ3v) is 7.12. The number of rotatable bonds is 3. The van der Waals surface area contributed by atoms with Crippen molar-refractivity contribution in [3.05, 3.63) is 22.8 Å². The van der Waals surface area contributed by atoms with E-state index in [-0.39, 0.29) is 22.7 Å². The van der Waals surface area contributed by atoms with Gasteiger partial charge >= 0.3 is 0 Å². The van der Waals surface area contributed by atoms with Crippen LogP contribution < -0.4 is 0 Å². The molecule has 3 aliphatic carbocycles. The first-order chi connectivity index (χ1) is 11.2. The van der Waals surface area contributed by atoms with Crippen LogP contribution in [0.3, 0.4) is 0 Å². The molecule has 0 spiro atoms. The molecule has 0 amide bonds. The summed E-state index contributed by atoms with van der Waals surface area (Å²) >= 11 is 0. The maximum absolute atomic E-state index is 12.5. The van der Waals surface area contributed by atoms with Crippen molar-refractivity contribution in [1.29, 1.82) is 0 Å². The molecule has 3 rings (SSSR count). The van der Waals surface area contributed by atoms with Crippen molar-refractivity contribution in [2.24, 2.45) is 22.7 Å². The molecule has 3 heteroatoms. The van der Waals surface area contributed by atoms with E-state index in [2.05, 4.69) is 33.8 Å². The van der Waals surface area contributed by atoms with E-state index in [1.807, 2.05) is 0 Å². The van der Waals surface area contributed by atoms with Gasteiger partial charge in [0.25, 0.3) is 0 Å². The second kappa shape index (κ2) is 6.10. The minimum absolute atomic E-state index is 0.0311. The summed E-state index contributed by atoms with van der Waals surface area (Å²) in [5, 5.41) is 10.8. The molecule has 0 unspecified atom stereocenters. The number of fused-ring (bicyclic) bond motifs is 2. The third kappa shape index (κ3) is 2.61. The highest BCUT2D eigenvalue weighted by atomic mass is 16.5. The van der Waals surface area contributed by atoms with Gasteiger partial charge in [-0.2, -0.15) is 0 Å². The van der Waals surface area contributed by atoms with Crippen molar-refractivity contribution in [1.82, 2.24) is 0 Å². The number of methoxy groups -OCH3 is 1. The van der Waals surface area contributed by atoms with Gasteiger partial charge in [0, 0.05) is 19.1 Å². The number of aliphatic hydroxyl groups excluding tert-OH is 1. The first-order valence-corrected chi connectivity index (χ1v) is 9.39. The monoisotopic (exact) mass is 332 g/mol. The van der Waals surface area contributed by atoms with Crippen molar-refractivity contribution in [3.8, 4) is 0 Å².